The van der Waals surface area contributed by atoms with Crippen LogP contribution in [0.4, 0.5) is 17.1 Å². The molecule has 0 radical (unpaired) electrons. The molecule has 0 unspecified atom stereocenters. The number of oxazole rings is 1. The van der Waals surface area contributed by atoms with E-state index in [9.17, 15) is 0 Å². The molecule has 8 aromatic carbocycles. The summed E-state index contributed by atoms with van der Waals surface area (Å²) in [5.74, 6) is 0.595. The number of hydrogen-bond donors (Lipinski definition) is 0. The zero-order valence-corrected chi connectivity index (χ0v) is 30.1. The predicted octanol–water partition coefficient (Wildman–Crippen LogP) is 14.3. The highest BCUT2D eigenvalue weighted by molar-refractivity contribution is 7.26. The predicted molar refractivity (Wildman–Crippen MR) is 229 cm³/mol. The van der Waals surface area contributed by atoms with Gasteiger partial charge in [0.1, 0.15) is 16.7 Å². The second kappa shape index (κ2) is 11.7. The topological polar surface area (TPSA) is 47.3 Å². The number of hydrogen-bond acceptors (Lipinski definition) is 5. The number of aromatic nitrogens is 2. The third-order valence-corrected chi connectivity index (χ3v) is 12.0. The van der Waals surface area contributed by atoms with Gasteiger partial charge in [-0.1, -0.05) is 97.1 Å². The normalized spacial score (nSPS) is 12.0. The van der Waals surface area contributed by atoms with Crippen molar-refractivity contribution in [2.45, 2.75) is 0 Å². The van der Waals surface area contributed by atoms with Gasteiger partial charge in [0.2, 0.25) is 5.89 Å². The Morgan fingerprint density at radius 1 is 0.491 bits per heavy atom. The van der Waals surface area contributed by atoms with Crippen LogP contribution in [0.25, 0.3) is 92.2 Å². The molecule has 0 aliphatic rings. The van der Waals surface area contributed by atoms with Crippen LogP contribution in [-0.4, -0.2) is 9.55 Å². The molecule has 0 aliphatic carbocycles. The molecule has 55 heavy (non-hydrogen) atoms. The molecule has 0 saturated heterocycles. The lowest BCUT2D eigenvalue weighted by Gasteiger charge is -2.27. The van der Waals surface area contributed by atoms with Crippen molar-refractivity contribution >= 4 is 103 Å². The molecule has 5 nitrogen and oxygen atoms in total. The number of fused-ring (bicyclic) bond motifs is 10. The van der Waals surface area contributed by atoms with Crippen molar-refractivity contribution in [1.82, 2.24) is 9.55 Å². The van der Waals surface area contributed by atoms with E-state index in [0.717, 1.165) is 61.3 Å². The Kier molecular flexibility index (Phi) is 6.44. The molecule has 6 heteroatoms. The molecule has 4 aromatic heterocycles. The lowest BCUT2D eigenvalue weighted by molar-refractivity contribution is 0.617. The Bertz CT molecular complexity index is 3450. The molecular weight excluding hydrogens is 695 g/mol. The van der Waals surface area contributed by atoms with Crippen molar-refractivity contribution in [2.24, 2.45) is 0 Å². The first kappa shape index (κ1) is 30.3. The molecule has 12 aromatic rings. The van der Waals surface area contributed by atoms with E-state index in [2.05, 4.69) is 149 Å². The van der Waals surface area contributed by atoms with E-state index in [1.165, 1.54) is 36.5 Å². The van der Waals surface area contributed by atoms with E-state index < -0.39 is 0 Å². The van der Waals surface area contributed by atoms with Crippen LogP contribution in [0.5, 0.6) is 0 Å². The third-order valence-electron chi connectivity index (χ3n) is 10.8. The number of rotatable bonds is 5. The van der Waals surface area contributed by atoms with Gasteiger partial charge in [0.15, 0.2) is 5.58 Å². The third kappa shape index (κ3) is 4.55. The number of furan rings is 1. The highest BCUT2D eigenvalue weighted by atomic mass is 32.1. The van der Waals surface area contributed by atoms with Gasteiger partial charge in [0.05, 0.1) is 27.1 Å². The van der Waals surface area contributed by atoms with E-state index in [1.54, 1.807) is 0 Å². The Balaban J connectivity index is 1.16. The summed E-state index contributed by atoms with van der Waals surface area (Å²) in [5.41, 5.74) is 10.7. The highest BCUT2D eigenvalue weighted by Crippen LogP contribution is 2.49. The average molecular weight is 724 g/mol. The minimum Gasteiger partial charge on any atom is -0.456 e. The summed E-state index contributed by atoms with van der Waals surface area (Å²) < 4.78 is 17.7. The number of benzene rings is 8. The molecule has 4 heterocycles. The summed E-state index contributed by atoms with van der Waals surface area (Å²) in [5, 5.41) is 6.94. The average Bonchev–Trinajstić information content (AvgIpc) is 4.01. The van der Waals surface area contributed by atoms with Gasteiger partial charge in [-0.05, 0) is 72.8 Å². The number of nitrogens with zero attached hydrogens (tertiary/aromatic N) is 3. The molecule has 0 saturated carbocycles. The largest absolute Gasteiger partial charge is 0.456 e. The second-order valence-electron chi connectivity index (χ2n) is 13.9. The first-order valence-corrected chi connectivity index (χ1v) is 19.2. The summed E-state index contributed by atoms with van der Waals surface area (Å²) in [4.78, 5) is 7.34. The molecular formula is C49H29N3O2S. The van der Waals surface area contributed by atoms with Crippen molar-refractivity contribution in [3.05, 3.63) is 176 Å². The van der Waals surface area contributed by atoms with Gasteiger partial charge in [-0.25, -0.2) is 4.98 Å². The summed E-state index contributed by atoms with van der Waals surface area (Å²) in [6.45, 7) is 0. The minimum absolute atomic E-state index is 0.595. The van der Waals surface area contributed by atoms with Crippen LogP contribution >= 0.6 is 11.3 Å². The van der Waals surface area contributed by atoms with Crippen LogP contribution in [0, 0.1) is 0 Å². The van der Waals surface area contributed by atoms with Gasteiger partial charge in [-0.3, -0.25) is 0 Å². The maximum atomic E-state index is 6.51. The monoisotopic (exact) mass is 723 g/mol. The van der Waals surface area contributed by atoms with Crippen molar-refractivity contribution in [3.63, 3.8) is 0 Å². The molecule has 0 fully saturated rings. The molecule has 12 rings (SSSR count). The first-order valence-electron chi connectivity index (χ1n) is 18.4. The van der Waals surface area contributed by atoms with Crippen LogP contribution in [0.3, 0.4) is 0 Å². The SMILES string of the molecule is c1ccc(-c2nc3cc4c(cc3o2)oc2ccc(N(c3cccc5c3sc3ccccc35)c3cccc5c6ccccc6n(-c6ccccc6)c35)cc24)cc1. The Labute approximate surface area is 318 Å². The van der Waals surface area contributed by atoms with Crippen LogP contribution in [0.1, 0.15) is 0 Å². The van der Waals surface area contributed by atoms with Crippen LogP contribution in [0.2, 0.25) is 0 Å². The van der Waals surface area contributed by atoms with Crippen molar-refractivity contribution < 1.29 is 8.83 Å². The van der Waals surface area contributed by atoms with E-state index in [-0.39, 0.29) is 0 Å². The van der Waals surface area contributed by atoms with Gasteiger partial charge >= 0.3 is 0 Å². The lowest BCUT2D eigenvalue weighted by Crippen LogP contribution is -2.11. The van der Waals surface area contributed by atoms with Crippen LogP contribution < -0.4 is 4.90 Å². The molecule has 258 valence electrons. The van der Waals surface area contributed by atoms with Gasteiger partial charge in [-0.15, -0.1) is 11.3 Å². The zero-order chi connectivity index (χ0) is 36.0. The smallest absolute Gasteiger partial charge is 0.227 e. The summed E-state index contributed by atoms with van der Waals surface area (Å²) in [7, 11) is 0. The first-order chi connectivity index (χ1) is 27.3. The van der Waals surface area contributed by atoms with E-state index in [4.69, 9.17) is 13.8 Å². The van der Waals surface area contributed by atoms with Crippen molar-refractivity contribution in [3.8, 4) is 17.1 Å². The van der Waals surface area contributed by atoms with Crippen molar-refractivity contribution in [2.75, 3.05) is 4.90 Å². The number of thiophene rings is 1. The molecule has 0 bridgehead atoms. The van der Waals surface area contributed by atoms with Crippen LogP contribution in [-0.2, 0) is 0 Å². The second-order valence-corrected chi connectivity index (χ2v) is 15.0. The summed E-state index contributed by atoms with van der Waals surface area (Å²) >= 11 is 1.84. The molecule has 0 N–H and O–H groups in total. The Morgan fingerprint density at radius 2 is 1.20 bits per heavy atom. The van der Waals surface area contributed by atoms with Gasteiger partial charge in [0.25, 0.3) is 0 Å². The Hall–Kier alpha value is -7.15. The lowest BCUT2D eigenvalue weighted by atomic mass is 10.1. The van der Waals surface area contributed by atoms with Gasteiger partial charge < -0.3 is 18.3 Å². The highest BCUT2D eigenvalue weighted by Gasteiger charge is 2.25. The summed E-state index contributed by atoms with van der Waals surface area (Å²) in [6.07, 6.45) is 0. The minimum atomic E-state index is 0.595. The molecule has 0 spiro atoms. The fourth-order valence-electron chi connectivity index (χ4n) is 8.37. The maximum absolute atomic E-state index is 6.51. The fraction of sp³-hybridized carbons (Fsp3) is 0. The maximum Gasteiger partial charge on any atom is 0.227 e. The molecule has 0 atom stereocenters. The van der Waals surface area contributed by atoms with E-state index in [1.807, 2.05) is 47.7 Å². The Morgan fingerprint density at radius 3 is 2.07 bits per heavy atom. The van der Waals surface area contributed by atoms with Crippen LogP contribution in [0.15, 0.2) is 185 Å². The van der Waals surface area contributed by atoms with Crippen molar-refractivity contribution in [1.29, 1.82) is 0 Å². The number of para-hydroxylation sites is 3. The van der Waals surface area contributed by atoms with Gasteiger partial charge in [0, 0.05) is 60.0 Å². The van der Waals surface area contributed by atoms with E-state index >= 15 is 0 Å². The molecule has 0 amide bonds. The summed E-state index contributed by atoms with van der Waals surface area (Å²) in [6, 6.07) is 62.1. The standard InChI is InChI=1S/C49H29N3O2S/c1-3-13-30(14-4-1)49-50-39-28-38-37-27-32(25-26-43(37)53-44(38)29-45(39)54-49)51(42-23-12-20-36-34-18-8-10-24-46(34)55-48(36)42)41-22-11-19-35-33-17-7-9-21-40(33)52(47(35)41)31-15-5-2-6-16-31/h1-29H. The molecule has 0 aliphatic heterocycles. The zero-order valence-electron chi connectivity index (χ0n) is 29.3. The van der Waals surface area contributed by atoms with E-state index in [0.29, 0.717) is 11.5 Å². The van der Waals surface area contributed by atoms with Gasteiger partial charge in [-0.2, -0.15) is 0 Å². The quantitative estimate of drug-likeness (QED) is 0.177. The fourth-order valence-corrected chi connectivity index (χ4v) is 9.58. The number of anilines is 3.